The number of carbonyl (C=O) groups is 3. The van der Waals surface area contributed by atoms with Crippen molar-refractivity contribution >= 4 is 29.4 Å². The molecule has 3 atom stereocenters. The second kappa shape index (κ2) is 9.74. The third-order valence-corrected chi connectivity index (χ3v) is 5.39. The molecule has 1 heterocycles. The maximum atomic E-state index is 12.7. The number of ether oxygens (including phenoxy) is 1. The minimum atomic E-state index is -0.671. The van der Waals surface area contributed by atoms with Crippen LogP contribution in [0.25, 0.3) is 0 Å². The first-order chi connectivity index (χ1) is 12.9. The average molecular weight is 395 g/mol. The fourth-order valence-corrected chi connectivity index (χ4v) is 3.34. The van der Waals surface area contributed by atoms with Crippen LogP contribution in [-0.2, 0) is 14.3 Å². The number of rotatable bonds is 6. The first-order valence-corrected chi connectivity index (χ1v) is 9.68. The number of esters is 1. The maximum Gasteiger partial charge on any atom is 0.328 e. The molecule has 2 amide bonds. The molecule has 1 aliphatic rings. The van der Waals surface area contributed by atoms with Gasteiger partial charge in [-0.05, 0) is 43.0 Å². The molecule has 148 valence electrons. The summed E-state index contributed by atoms with van der Waals surface area (Å²) in [5.41, 5.74) is 0.549. The van der Waals surface area contributed by atoms with Gasteiger partial charge in [0.2, 0.25) is 5.91 Å². The Labute approximate surface area is 165 Å². The van der Waals surface area contributed by atoms with Gasteiger partial charge in [0.15, 0.2) is 0 Å². The van der Waals surface area contributed by atoms with E-state index in [1.54, 1.807) is 29.2 Å². The number of carbonyl (C=O) groups excluding carboxylic acids is 3. The Morgan fingerprint density at radius 2 is 1.96 bits per heavy atom. The predicted molar refractivity (Wildman–Crippen MR) is 103 cm³/mol. The number of piperidine rings is 1. The molecule has 3 unspecified atom stereocenters. The second-order valence-electron chi connectivity index (χ2n) is 6.99. The Morgan fingerprint density at radius 3 is 2.56 bits per heavy atom. The van der Waals surface area contributed by atoms with Gasteiger partial charge < -0.3 is 15.0 Å². The average Bonchev–Trinajstić information content (AvgIpc) is 2.70. The van der Waals surface area contributed by atoms with E-state index in [1.165, 1.54) is 7.11 Å². The van der Waals surface area contributed by atoms with E-state index in [4.69, 9.17) is 16.3 Å². The molecule has 2 rings (SSSR count). The SMILES string of the molecule is CCC(C)C(NC(=O)C1CCCN(C(=O)c2ccc(Cl)cc2)C1)C(=O)OC. The predicted octanol–water partition coefficient (Wildman–Crippen LogP) is 2.90. The van der Waals surface area contributed by atoms with Crippen LogP contribution in [0.4, 0.5) is 0 Å². The van der Waals surface area contributed by atoms with Crippen molar-refractivity contribution in [2.45, 2.75) is 39.2 Å². The monoisotopic (exact) mass is 394 g/mol. The van der Waals surface area contributed by atoms with Gasteiger partial charge in [-0.25, -0.2) is 4.79 Å². The van der Waals surface area contributed by atoms with Crippen LogP contribution in [0.1, 0.15) is 43.5 Å². The molecule has 1 N–H and O–H groups in total. The lowest BCUT2D eigenvalue weighted by Crippen LogP contribution is -2.51. The van der Waals surface area contributed by atoms with Crippen LogP contribution in [0, 0.1) is 11.8 Å². The molecule has 0 aliphatic carbocycles. The summed E-state index contributed by atoms with van der Waals surface area (Å²) in [5, 5.41) is 3.40. The number of halogens is 1. The molecular weight excluding hydrogens is 368 g/mol. The third kappa shape index (κ3) is 5.45. The maximum absolute atomic E-state index is 12.7. The normalized spacial score (nSPS) is 19.1. The molecule has 0 saturated carbocycles. The lowest BCUT2D eigenvalue weighted by molar-refractivity contribution is -0.147. The smallest absolute Gasteiger partial charge is 0.328 e. The molecule has 1 saturated heterocycles. The molecule has 1 aromatic rings. The van der Waals surface area contributed by atoms with E-state index in [0.29, 0.717) is 30.1 Å². The summed E-state index contributed by atoms with van der Waals surface area (Å²) in [6.45, 7) is 4.80. The van der Waals surface area contributed by atoms with Gasteiger partial charge in [-0.2, -0.15) is 0 Å². The summed E-state index contributed by atoms with van der Waals surface area (Å²) in [6.07, 6.45) is 2.17. The molecule has 0 radical (unpaired) electrons. The lowest BCUT2D eigenvalue weighted by atomic mass is 9.94. The van der Waals surface area contributed by atoms with E-state index < -0.39 is 12.0 Å². The van der Waals surface area contributed by atoms with Crippen molar-refractivity contribution in [3.63, 3.8) is 0 Å². The second-order valence-corrected chi connectivity index (χ2v) is 7.43. The number of nitrogens with one attached hydrogen (secondary N) is 1. The quantitative estimate of drug-likeness (QED) is 0.753. The minimum absolute atomic E-state index is 0.0307. The number of hydrogen-bond acceptors (Lipinski definition) is 4. The van der Waals surface area contributed by atoms with E-state index in [1.807, 2.05) is 13.8 Å². The van der Waals surface area contributed by atoms with E-state index in [9.17, 15) is 14.4 Å². The summed E-state index contributed by atoms with van der Waals surface area (Å²) in [6, 6.07) is 6.05. The molecule has 0 aromatic heterocycles. The number of methoxy groups -OCH3 is 1. The summed E-state index contributed by atoms with van der Waals surface area (Å²) < 4.78 is 4.82. The van der Waals surface area contributed by atoms with E-state index in [2.05, 4.69) is 5.32 Å². The molecular formula is C20H27ClN2O4. The molecule has 6 nitrogen and oxygen atoms in total. The Kier molecular flexibility index (Phi) is 7.66. The molecule has 7 heteroatoms. The highest BCUT2D eigenvalue weighted by molar-refractivity contribution is 6.30. The summed E-state index contributed by atoms with van der Waals surface area (Å²) in [4.78, 5) is 39.1. The molecule has 1 aliphatic heterocycles. The van der Waals surface area contributed by atoms with Crippen LogP contribution in [-0.4, -0.2) is 48.9 Å². The topological polar surface area (TPSA) is 75.7 Å². The molecule has 1 fully saturated rings. The summed E-state index contributed by atoms with van der Waals surface area (Å²) >= 11 is 5.87. The first-order valence-electron chi connectivity index (χ1n) is 9.30. The zero-order valence-corrected chi connectivity index (χ0v) is 16.8. The van der Waals surface area contributed by atoms with Crippen molar-refractivity contribution in [1.82, 2.24) is 10.2 Å². The van der Waals surface area contributed by atoms with Crippen molar-refractivity contribution in [2.24, 2.45) is 11.8 Å². The van der Waals surface area contributed by atoms with Gasteiger partial charge in [0.1, 0.15) is 6.04 Å². The highest BCUT2D eigenvalue weighted by Gasteiger charge is 2.33. The largest absolute Gasteiger partial charge is 0.467 e. The van der Waals surface area contributed by atoms with Crippen LogP contribution < -0.4 is 5.32 Å². The van der Waals surface area contributed by atoms with E-state index >= 15 is 0 Å². The van der Waals surface area contributed by atoms with E-state index in [0.717, 1.165) is 12.8 Å². The zero-order chi connectivity index (χ0) is 20.0. The zero-order valence-electron chi connectivity index (χ0n) is 16.0. The van der Waals surface area contributed by atoms with Crippen LogP contribution >= 0.6 is 11.6 Å². The number of benzene rings is 1. The van der Waals surface area contributed by atoms with Crippen molar-refractivity contribution < 1.29 is 19.1 Å². The minimum Gasteiger partial charge on any atom is -0.467 e. The number of likely N-dealkylation sites (tertiary alicyclic amines) is 1. The van der Waals surface area contributed by atoms with E-state index in [-0.39, 0.29) is 23.7 Å². The standard InChI is InChI=1S/C20H27ClN2O4/c1-4-13(2)17(20(26)27-3)22-18(24)15-6-5-11-23(12-15)19(25)14-7-9-16(21)10-8-14/h7-10,13,15,17H,4-6,11-12H2,1-3H3,(H,22,24). The van der Waals surface area contributed by atoms with Gasteiger partial charge in [-0.15, -0.1) is 0 Å². The highest BCUT2D eigenvalue weighted by atomic mass is 35.5. The lowest BCUT2D eigenvalue weighted by Gasteiger charge is -2.33. The van der Waals surface area contributed by atoms with Gasteiger partial charge in [0.05, 0.1) is 13.0 Å². The number of nitrogens with zero attached hydrogens (tertiary/aromatic N) is 1. The van der Waals surface area contributed by atoms with Gasteiger partial charge in [-0.1, -0.05) is 31.9 Å². The number of amides is 2. The van der Waals surface area contributed by atoms with Gasteiger partial charge in [0, 0.05) is 23.7 Å². The van der Waals surface area contributed by atoms with Crippen LogP contribution in [0.3, 0.4) is 0 Å². The van der Waals surface area contributed by atoms with Gasteiger partial charge >= 0.3 is 5.97 Å². The fourth-order valence-electron chi connectivity index (χ4n) is 3.22. The van der Waals surface area contributed by atoms with Crippen LogP contribution in [0.2, 0.25) is 5.02 Å². The van der Waals surface area contributed by atoms with Crippen molar-refractivity contribution in [2.75, 3.05) is 20.2 Å². The Bertz CT molecular complexity index is 677. The van der Waals surface area contributed by atoms with Crippen LogP contribution in [0.5, 0.6) is 0 Å². The molecule has 27 heavy (non-hydrogen) atoms. The van der Waals surface area contributed by atoms with Gasteiger partial charge in [-0.3, -0.25) is 9.59 Å². The third-order valence-electron chi connectivity index (χ3n) is 5.14. The number of hydrogen-bond donors (Lipinski definition) is 1. The van der Waals surface area contributed by atoms with Crippen molar-refractivity contribution in [3.8, 4) is 0 Å². The van der Waals surface area contributed by atoms with Gasteiger partial charge in [0.25, 0.3) is 5.91 Å². The van der Waals surface area contributed by atoms with Crippen molar-refractivity contribution in [1.29, 1.82) is 0 Å². The van der Waals surface area contributed by atoms with Crippen molar-refractivity contribution in [3.05, 3.63) is 34.9 Å². The van der Waals surface area contributed by atoms with Crippen LogP contribution in [0.15, 0.2) is 24.3 Å². The highest BCUT2D eigenvalue weighted by Crippen LogP contribution is 2.21. The summed E-state index contributed by atoms with van der Waals surface area (Å²) in [7, 11) is 1.32. The fraction of sp³-hybridized carbons (Fsp3) is 0.550. The summed E-state index contributed by atoms with van der Waals surface area (Å²) in [5.74, 6) is -1.14. The Hall–Kier alpha value is -2.08. The molecule has 1 aromatic carbocycles. The first kappa shape index (κ1) is 21.2. The molecule has 0 bridgehead atoms. The Morgan fingerprint density at radius 1 is 1.30 bits per heavy atom. The molecule has 0 spiro atoms. The Balaban J connectivity index is 2.03.